The zero-order valence-electron chi connectivity index (χ0n) is 23.2. The van der Waals surface area contributed by atoms with Crippen molar-refractivity contribution in [2.24, 2.45) is 4.99 Å². The number of nitrogens with one attached hydrogen (secondary N) is 2. The van der Waals surface area contributed by atoms with E-state index < -0.39 is 15.9 Å². The highest BCUT2D eigenvalue weighted by molar-refractivity contribution is 7.92. The number of carbonyl (C=O) groups is 1. The standard InChI is InChI=1S/C33H33N5O3S/c34-25-11-16-28(17-12-25)42(40,41)37-27-15-18-30-29(21-27)31(33(39)36-30)32(24-7-3-1-4-8-24)35-26-13-9-23(10-14-26)22-38-19-5-2-6-20-38/h1,3-4,7-18,21,31,37H,2,5-6,19-20,22,34H2,(H,36,39). The van der Waals surface area contributed by atoms with Crippen LogP contribution in [0.15, 0.2) is 107 Å². The highest BCUT2D eigenvalue weighted by Gasteiger charge is 2.36. The van der Waals surface area contributed by atoms with E-state index in [1.54, 1.807) is 30.3 Å². The van der Waals surface area contributed by atoms with Crippen LogP contribution in [0.2, 0.25) is 0 Å². The Hall–Kier alpha value is -4.47. The number of nitrogens with two attached hydrogens (primary N) is 1. The highest BCUT2D eigenvalue weighted by Crippen LogP contribution is 2.38. The summed E-state index contributed by atoms with van der Waals surface area (Å²) in [5.74, 6) is -0.940. The molecule has 1 saturated heterocycles. The molecule has 6 rings (SSSR count). The summed E-state index contributed by atoms with van der Waals surface area (Å²) in [4.78, 5) is 21.0. The molecule has 4 aromatic rings. The van der Waals surface area contributed by atoms with Crippen LogP contribution in [-0.2, 0) is 21.4 Å². The smallest absolute Gasteiger partial charge is 0.261 e. The van der Waals surface area contributed by atoms with Crippen LogP contribution in [0.4, 0.5) is 22.7 Å². The maximum absolute atomic E-state index is 13.4. The van der Waals surface area contributed by atoms with Crippen molar-refractivity contribution in [2.45, 2.75) is 36.6 Å². The van der Waals surface area contributed by atoms with Gasteiger partial charge < -0.3 is 11.1 Å². The van der Waals surface area contributed by atoms with Gasteiger partial charge in [-0.1, -0.05) is 48.9 Å². The first kappa shape index (κ1) is 27.7. The fraction of sp³-hybridized carbons (Fsp3) is 0.212. The van der Waals surface area contributed by atoms with Gasteiger partial charge in [-0.25, -0.2) is 8.42 Å². The second-order valence-corrected chi connectivity index (χ2v) is 12.4. The molecule has 0 radical (unpaired) electrons. The van der Waals surface area contributed by atoms with Gasteiger partial charge in [0.25, 0.3) is 10.0 Å². The zero-order valence-corrected chi connectivity index (χ0v) is 24.0. The van der Waals surface area contributed by atoms with Crippen LogP contribution in [-0.4, -0.2) is 38.0 Å². The van der Waals surface area contributed by atoms with Crippen LogP contribution in [0.5, 0.6) is 0 Å². The Kier molecular flexibility index (Phi) is 7.78. The molecule has 0 saturated carbocycles. The molecular weight excluding hydrogens is 546 g/mol. The molecule has 0 aromatic heterocycles. The summed E-state index contributed by atoms with van der Waals surface area (Å²) < 4.78 is 28.7. The van der Waals surface area contributed by atoms with Gasteiger partial charge in [-0.2, -0.15) is 0 Å². The van der Waals surface area contributed by atoms with Gasteiger partial charge in [0.2, 0.25) is 5.91 Å². The van der Waals surface area contributed by atoms with Crippen molar-refractivity contribution < 1.29 is 13.2 Å². The maximum atomic E-state index is 13.4. The van der Waals surface area contributed by atoms with Crippen LogP contribution >= 0.6 is 0 Å². The largest absolute Gasteiger partial charge is 0.399 e. The number of hydrogen-bond acceptors (Lipinski definition) is 6. The van der Waals surface area contributed by atoms with E-state index in [0.29, 0.717) is 28.3 Å². The SMILES string of the molecule is Nc1ccc(S(=O)(=O)Nc2ccc3c(c2)C(C(=Nc2ccc(CN4CCCCC4)cc2)c2ccccc2)C(=O)N3)cc1. The van der Waals surface area contributed by atoms with Crippen molar-refractivity contribution >= 4 is 44.4 Å². The predicted octanol–water partition coefficient (Wildman–Crippen LogP) is 5.91. The molecule has 2 aliphatic heterocycles. The van der Waals surface area contributed by atoms with Crippen molar-refractivity contribution in [3.8, 4) is 0 Å². The lowest BCUT2D eigenvalue weighted by Crippen LogP contribution is -2.28. The molecule has 2 heterocycles. The summed E-state index contributed by atoms with van der Waals surface area (Å²) in [6.45, 7) is 3.18. The molecule has 9 heteroatoms. The molecule has 1 amide bonds. The Morgan fingerprint density at radius 3 is 2.33 bits per heavy atom. The number of nitrogens with zero attached hydrogens (tertiary/aromatic N) is 2. The number of hydrogen-bond donors (Lipinski definition) is 3. The third-order valence-corrected chi connectivity index (χ3v) is 9.11. The van der Waals surface area contributed by atoms with Crippen molar-refractivity contribution in [3.05, 3.63) is 114 Å². The van der Waals surface area contributed by atoms with Gasteiger partial charge in [-0.15, -0.1) is 0 Å². The molecule has 1 fully saturated rings. The van der Waals surface area contributed by atoms with E-state index in [0.717, 1.165) is 30.9 Å². The van der Waals surface area contributed by atoms with Crippen LogP contribution in [0.1, 0.15) is 41.9 Å². The number of nitrogen functional groups attached to an aromatic ring is 1. The topological polar surface area (TPSA) is 117 Å². The molecule has 4 aromatic carbocycles. The van der Waals surface area contributed by atoms with Crippen LogP contribution in [0.3, 0.4) is 0 Å². The summed E-state index contributed by atoms with van der Waals surface area (Å²) >= 11 is 0. The Balaban J connectivity index is 1.32. The molecule has 8 nitrogen and oxygen atoms in total. The third kappa shape index (κ3) is 6.07. The zero-order chi connectivity index (χ0) is 29.1. The minimum Gasteiger partial charge on any atom is -0.399 e. The average Bonchev–Trinajstić information content (AvgIpc) is 3.32. The van der Waals surface area contributed by atoms with E-state index in [1.165, 1.54) is 37.0 Å². The number of benzene rings is 4. The monoisotopic (exact) mass is 579 g/mol. The maximum Gasteiger partial charge on any atom is 0.261 e. The second-order valence-electron chi connectivity index (χ2n) is 10.8. The number of amides is 1. The van der Waals surface area contributed by atoms with E-state index >= 15 is 0 Å². The first-order valence-electron chi connectivity index (χ1n) is 14.1. The van der Waals surface area contributed by atoms with Crippen LogP contribution < -0.4 is 15.8 Å². The summed E-state index contributed by atoms with van der Waals surface area (Å²) in [5.41, 5.74) is 11.2. The Bertz CT molecular complexity index is 1710. The number of carbonyl (C=O) groups excluding carboxylic acids is 1. The number of aliphatic imine (C=N–C) groups is 1. The quantitative estimate of drug-likeness (QED) is 0.177. The van der Waals surface area contributed by atoms with Crippen molar-refractivity contribution in [2.75, 3.05) is 28.9 Å². The summed E-state index contributed by atoms with van der Waals surface area (Å²) in [5, 5.41) is 2.95. The minimum atomic E-state index is -3.86. The normalized spacial score (nSPS) is 17.5. The predicted molar refractivity (Wildman–Crippen MR) is 168 cm³/mol. The van der Waals surface area contributed by atoms with E-state index in [-0.39, 0.29) is 10.8 Å². The lowest BCUT2D eigenvalue weighted by atomic mass is 9.90. The molecule has 4 N–H and O–H groups in total. The van der Waals surface area contributed by atoms with Crippen molar-refractivity contribution in [3.63, 3.8) is 0 Å². The van der Waals surface area contributed by atoms with Gasteiger partial charge in [0, 0.05) is 23.6 Å². The van der Waals surface area contributed by atoms with Gasteiger partial charge in [0.1, 0.15) is 5.92 Å². The molecule has 42 heavy (non-hydrogen) atoms. The van der Waals surface area contributed by atoms with Crippen LogP contribution in [0, 0.1) is 0 Å². The molecule has 214 valence electrons. The Labute approximate surface area is 246 Å². The van der Waals surface area contributed by atoms with Gasteiger partial charge in [0.15, 0.2) is 0 Å². The van der Waals surface area contributed by atoms with Gasteiger partial charge in [-0.3, -0.25) is 19.4 Å². The average molecular weight is 580 g/mol. The molecule has 2 aliphatic rings. The fourth-order valence-corrected chi connectivity index (χ4v) is 6.60. The van der Waals surface area contributed by atoms with Gasteiger partial charge in [-0.05, 0) is 97.2 Å². The molecule has 0 bridgehead atoms. The van der Waals surface area contributed by atoms with Gasteiger partial charge >= 0.3 is 0 Å². The number of anilines is 3. The lowest BCUT2D eigenvalue weighted by molar-refractivity contribution is -0.115. The summed E-state index contributed by atoms with van der Waals surface area (Å²) in [6.07, 6.45) is 3.80. The number of likely N-dealkylation sites (tertiary alicyclic amines) is 1. The molecule has 0 aliphatic carbocycles. The number of rotatable bonds is 8. The van der Waals surface area contributed by atoms with E-state index in [1.807, 2.05) is 42.5 Å². The molecule has 0 spiro atoms. The molecule has 1 unspecified atom stereocenters. The molecule has 1 atom stereocenters. The van der Waals surface area contributed by atoms with Crippen molar-refractivity contribution in [1.82, 2.24) is 4.90 Å². The summed E-state index contributed by atoms with van der Waals surface area (Å²) in [7, 11) is -3.86. The Morgan fingerprint density at radius 1 is 0.905 bits per heavy atom. The highest BCUT2D eigenvalue weighted by atomic mass is 32.2. The minimum absolute atomic E-state index is 0.0956. The molecular formula is C33H33N5O3S. The second kappa shape index (κ2) is 11.8. The summed E-state index contributed by atoms with van der Waals surface area (Å²) in [6, 6.07) is 28.8. The van der Waals surface area contributed by atoms with E-state index in [9.17, 15) is 13.2 Å². The first-order chi connectivity index (χ1) is 20.4. The van der Waals surface area contributed by atoms with E-state index in [4.69, 9.17) is 10.7 Å². The lowest BCUT2D eigenvalue weighted by Gasteiger charge is -2.26. The number of piperidine rings is 1. The number of sulfonamides is 1. The number of fused-ring (bicyclic) bond motifs is 1. The first-order valence-corrected chi connectivity index (χ1v) is 15.6. The Morgan fingerprint density at radius 2 is 1.62 bits per heavy atom. The fourth-order valence-electron chi connectivity index (χ4n) is 5.55. The van der Waals surface area contributed by atoms with E-state index in [2.05, 4.69) is 27.1 Å². The van der Waals surface area contributed by atoms with Crippen LogP contribution in [0.25, 0.3) is 0 Å². The van der Waals surface area contributed by atoms with Crippen molar-refractivity contribution in [1.29, 1.82) is 0 Å². The van der Waals surface area contributed by atoms with Gasteiger partial charge in [0.05, 0.1) is 16.3 Å². The third-order valence-electron chi connectivity index (χ3n) is 7.71.